The monoisotopic (exact) mass is 668 g/mol. The molecule has 228 valence electrons. The quantitative estimate of drug-likeness (QED) is 0.192. The zero-order valence-corrected chi connectivity index (χ0v) is 27.0. The van der Waals surface area contributed by atoms with Gasteiger partial charge in [0, 0.05) is 21.5 Å². The lowest BCUT2D eigenvalue weighted by atomic mass is 9.88. The Morgan fingerprint density at radius 1 is 0.636 bits per heavy atom. The molecule has 5 rings (SSSR count). The van der Waals surface area contributed by atoms with Crippen molar-refractivity contribution in [1.29, 1.82) is 0 Å². The molecule has 0 fully saturated rings. The predicted molar refractivity (Wildman–Crippen MR) is 173 cm³/mol. The highest BCUT2D eigenvalue weighted by Gasteiger charge is 2.41. The highest BCUT2D eigenvalue weighted by molar-refractivity contribution is 7.89. The number of carbonyl (C=O) groups is 1. The summed E-state index contributed by atoms with van der Waals surface area (Å²) in [4.78, 5) is 14.3. The van der Waals surface area contributed by atoms with E-state index in [1.165, 1.54) is 24.3 Å². The van der Waals surface area contributed by atoms with Gasteiger partial charge >= 0.3 is 0 Å². The summed E-state index contributed by atoms with van der Waals surface area (Å²) < 4.78 is 59.5. The van der Waals surface area contributed by atoms with Crippen LogP contribution in [0.2, 0.25) is 10.0 Å². The largest absolute Gasteiger partial charge is 0.294 e. The smallest absolute Gasteiger partial charge is 0.241 e. The number of benzene rings is 4. The fraction of sp³-hybridized carbons (Fsp3) is 0.182. The first kappa shape index (κ1) is 32.1. The number of ketones is 1. The van der Waals surface area contributed by atoms with Crippen LogP contribution < -0.4 is 9.44 Å². The van der Waals surface area contributed by atoms with Gasteiger partial charge in [-0.25, -0.2) is 21.6 Å². The topological polar surface area (TPSA) is 109 Å². The molecule has 0 saturated heterocycles. The van der Waals surface area contributed by atoms with Crippen molar-refractivity contribution in [2.75, 3.05) is 0 Å². The Hall–Kier alpha value is -3.31. The van der Waals surface area contributed by atoms with Gasteiger partial charge in [-0.3, -0.25) is 4.79 Å². The molecule has 0 spiro atoms. The molecule has 1 aliphatic carbocycles. The van der Waals surface area contributed by atoms with E-state index in [1.54, 1.807) is 78.9 Å². The van der Waals surface area contributed by atoms with E-state index in [0.717, 1.165) is 11.1 Å². The first-order valence-corrected chi connectivity index (χ1v) is 17.5. The van der Waals surface area contributed by atoms with Crippen molar-refractivity contribution in [3.8, 4) is 0 Å². The van der Waals surface area contributed by atoms with Crippen molar-refractivity contribution in [3.05, 3.63) is 141 Å². The van der Waals surface area contributed by atoms with Gasteiger partial charge in [0.15, 0.2) is 5.78 Å². The molecule has 2 N–H and O–H groups in total. The highest BCUT2D eigenvalue weighted by Crippen LogP contribution is 2.39. The number of sulfonamides is 2. The van der Waals surface area contributed by atoms with Crippen molar-refractivity contribution in [1.82, 2.24) is 9.44 Å². The second kappa shape index (κ2) is 13.0. The van der Waals surface area contributed by atoms with Gasteiger partial charge in [0.05, 0.1) is 21.9 Å². The van der Waals surface area contributed by atoms with Crippen LogP contribution in [-0.4, -0.2) is 22.6 Å². The van der Waals surface area contributed by atoms with Crippen LogP contribution in [0.15, 0.2) is 119 Å². The first-order chi connectivity index (χ1) is 20.8. The Bertz CT molecular complexity index is 1910. The van der Waals surface area contributed by atoms with Crippen LogP contribution in [-0.2, 0) is 24.8 Å². The molecule has 4 aromatic carbocycles. The molecular weight excluding hydrogens is 639 g/mol. The van der Waals surface area contributed by atoms with Crippen LogP contribution >= 0.6 is 23.2 Å². The molecule has 0 amide bonds. The van der Waals surface area contributed by atoms with Gasteiger partial charge in [-0.1, -0.05) is 88.9 Å². The third-order valence-corrected chi connectivity index (χ3v) is 11.0. The molecule has 44 heavy (non-hydrogen) atoms. The van der Waals surface area contributed by atoms with Crippen LogP contribution in [0.25, 0.3) is 0 Å². The lowest BCUT2D eigenvalue weighted by molar-refractivity contribution is -0.119. The van der Waals surface area contributed by atoms with Gasteiger partial charge in [0.2, 0.25) is 20.0 Å². The third-order valence-electron chi connectivity index (χ3n) is 7.58. The number of halogens is 2. The van der Waals surface area contributed by atoms with E-state index in [9.17, 15) is 21.6 Å². The summed E-state index contributed by atoms with van der Waals surface area (Å²) in [7, 11) is -8.10. The van der Waals surface area contributed by atoms with Crippen LogP contribution in [0.5, 0.6) is 0 Å². The van der Waals surface area contributed by atoms with Gasteiger partial charge < -0.3 is 0 Å². The number of aryl methyl sites for hydroxylation is 2. The van der Waals surface area contributed by atoms with Crippen LogP contribution in [0.1, 0.15) is 40.8 Å². The molecule has 0 bridgehead atoms. The van der Waals surface area contributed by atoms with Gasteiger partial charge in [0.1, 0.15) is 0 Å². The Morgan fingerprint density at radius 2 is 1.07 bits per heavy atom. The number of hydrogen-bond acceptors (Lipinski definition) is 5. The minimum atomic E-state index is -4.06. The standard InChI is InChI=1S/C33H30Cl2N2O5S2/c1-21-3-15-27(16-4-21)43(39,40)36-31(23-7-11-25(34)12-8-23)29-19-20-30(33(29)38)32(24-9-13-26(35)14-10-24)37-44(41,42)28-17-5-22(2)6-18-28/h3-19,30-32,36-37H,20H2,1-2H3. The Morgan fingerprint density at radius 3 is 1.55 bits per heavy atom. The molecule has 0 aliphatic heterocycles. The zero-order chi connectivity index (χ0) is 31.6. The van der Waals surface area contributed by atoms with Gasteiger partial charge in [0.25, 0.3) is 0 Å². The third kappa shape index (κ3) is 7.15. The molecule has 3 atom stereocenters. The number of nitrogens with one attached hydrogen (secondary N) is 2. The molecule has 3 unspecified atom stereocenters. The fourth-order valence-electron chi connectivity index (χ4n) is 5.14. The number of allylic oxidation sites excluding steroid dienone is 1. The Balaban J connectivity index is 1.51. The lowest BCUT2D eigenvalue weighted by Crippen LogP contribution is -2.37. The van der Waals surface area contributed by atoms with E-state index in [4.69, 9.17) is 23.2 Å². The number of Topliss-reactive ketones (excluding diaryl/α,β-unsaturated/α-hetero) is 1. The number of carbonyl (C=O) groups excluding carboxylic acids is 1. The SMILES string of the molecule is Cc1ccc(S(=O)(=O)NC(C2=CCC(C(NS(=O)(=O)c3ccc(C)cc3)c3ccc(Cl)cc3)C2=O)c2ccc(Cl)cc2)cc1. The number of rotatable bonds is 10. The molecule has 0 radical (unpaired) electrons. The molecule has 7 nitrogen and oxygen atoms in total. The Kier molecular flexibility index (Phi) is 9.46. The second-order valence-electron chi connectivity index (χ2n) is 10.7. The summed E-state index contributed by atoms with van der Waals surface area (Å²) in [5, 5.41) is 0.908. The minimum absolute atomic E-state index is 0.0505. The van der Waals surface area contributed by atoms with E-state index in [2.05, 4.69) is 9.44 Å². The highest BCUT2D eigenvalue weighted by atomic mass is 35.5. The first-order valence-electron chi connectivity index (χ1n) is 13.8. The van der Waals surface area contributed by atoms with Crippen LogP contribution in [0.4, 0.5) is 0 Å². The van der Waals surface area contributed by atoms with E-state index in [1.807, 2.05) is 13.8 Å². The van der Waals surface area contributed by atoms with Crippen molar-refractivity contribution in [2.24, 2.45) is 5.92 Å². The molecular formula is C33H30Cl2N2O5S2. The molecule has 0 heterocycles. The van der Waals surface area contributed by atoms with E-state index < -0.39 is 38.0 Å². The minimum Gasteiger partial charge on any atom is -0.294 e. The average Bonchev–Trinajstić information content (AvgIpc) is 3.36. The van der Waals surface area contributed by atoms with Gasteiger partial charge in [-0.05, 0) is 79.9 Å². The van der Waals surface area contributed by atoms with Gasteiger partial charge in [-0.2, -0.15) is 4.72 Å². The van der Waals surface area contributed by atoms with Crippen LogP contribution in [0.3, 0.4) is 0 Å². The molecule has 11 heteroatoms. The fourth-order valence-corrected chi connectivity index (χ4v) is 7.86. The van der Waals surface area contributed by atoms with Gasteiger partial charge in [-0.15, -0.1) is 0 Å². The van der Waals surface area contributed by atoms with Crippen molar-refractivity contribution >= 4 is 49.0 Å². The Labute approximate surface area is 268 Å². The number of hydrogen-bond donors (Lipinski definition) is 2. The summed E-state index contributed by atoms with van der Waals surface area (Å²) in [6.45, 7) is 3.71. The predicted octanol–water partition coefficient (Wildman–Crippen LogP) is 6.87. The molecule has 0 saturated carbocycles. The summed E-state index contributed by atoms with van der Waals surface area (Å²) >= 11 is 12.2. The second-order valence-corrected chi connectivity index (χ2v) is 15.0. The van der Waals surface area contributed by atoms with Crippen molar-refractivity contribution in [3.63, 3.8) is 0 Å². The summed E-state index contributed by atoms with van der Waals surface area (Å²) in [6.07, 6.45) is 1.85. The van der Waals surface area contributed by atoms with E-state index in [-0.39, 0.29) is 27.6 Å². The lowest BCUT2D eigenvalue weighted by Gasteiger charge is -2.26. The van der Waals surface area contributed by atoms with Crippen molar-refractivity contribution in [2.45, 2.75) is 42.1 Å². The van der Waals surface area contributed by atoms with Crippen LogP contribution in [0, 0.1) is 19.8 Å². The maximum atomic E-state index is 14.2. The summed E-state index contributed by atoms with van der Waals surface area (Å²) in [5.74, 6) is -1.24. The molecule has 1 aliphatic rings. The van der Waals surface area contributed by atoms with E-state index >= 15 is 0 Å². The zero-order valence-electron chi connectivity index (χ0n) is 23.9. The normalized spacial score (nSPS) is 16.9. The summed E-state index contributed by atoms with van der Waals surface area (Å²) in [5.41, 5.74) is 3.06. The molecule has 0 aromatic heterocycles. The average molecular weight is 670 g/mol. The summed E-state index contributed by atoms with van der Waals surface area (Å²) in [6, 6.07) is 23.9. The van der Waals surface area contributed by atoms with E-state index in [0.29, 0.717) is 21.2 Å². The van der Waals surface area contributed by atoms with Crippen molar-refractivity contribution < 1.29 is 21.6 Å². The maximum Gasteiger partial charge on any atom is 0.241 e. The molecule has 4 aromatic rings. The maximum absolute atomic E-state index is 14.2.